The van der Waals surface area contributed by atoms with E-state index in [0.717, 1.165) is 19.4 Å². The molecule has 1 fully saturated rings. The highest BCUT2D eigenvalue weighted by molar-refractivity contribution is 5.94. The smallest absolute Gasteiger partial charge is 0.254 e. The quantitative estimate of drug-likeness (QED) is 0.719. The predicted octanol–water partition coefficient (Wildman–Crippen LogP) is 2.18. The summed E-state index contributed by atoms with van der Waals surface area (Å²) in [6.07, 6.45) is 2.17. The molecular formula is C13H14N2O. The molecule has 82 valence electrons. The Morgan fingerprint density at radius 1 is 1.44 bits per heavy atom. The molecule has 0 bridgehead atoms. The first kappa shape index (κ1) is 10.7. The maximum atomic E-state index is 12.1. The molecule has 1 aliphatic heterocycles. The van der Waals surface area contributed by atoms with Crippen LogP contribution in [0.3, 0.4) is 0 Å². The van der Waals surface area contributed by atoms with Gasteiger partial charge >= 0.3 is 0 Å². The monoisotopic (exact) mass is 214 g/mol. The van der Waals surface area contributed by atoms with E-state index >= 15 is 0 Å². The van der Waals surface area contributed by atoms with E-state index in [9.17, 15) is 4.79 Å². The second-order valence-electron chi connectivity index (χ2n) is 4.18. The molecule has 0 spiro atoms. The molecule has 3 nitrogen and oxygen atoms in total. The molecule has 1 heterocycles. The van der Waals surface area contributed by atoms with Crippen LogP contribution in [0.4, 0.5) is 0 Å². The molecule has 3 heteroatoms. The number of nitrogens with zero attached hydrogens (tertiary/aromatic N) is 2. The highest BCUT2D eigenvalue weighted by Gasteiger charge is 2.25. The Morgan fingerprint density at radius 3 is 2.62 bits per heavy atom. The van der Waals surface area contributed by atoms with Crippen LogP contribution in [0.2, 0.25) is 0 Å². The third-order valence-corrected chi connectivity index (χ3v) is 3.07. The number of benzene rings is 1. The molecule has 1 aromatic carbocycles. The van der Waals surface area contributed by atoms with Gasteiger partial charge in [-0.05, 0) is 44.0 Å². The SMILES string of the molecule is C[C@@H]1CCCN1C(=O)c1ccc(C#N)cc1. The van der Waals surface area contributed by atoms with Crippen molar-refractivity contribution < 1.29 is 4.79 Å². The van der Waals surface area contributed by atoms with Crippen LogP contribution < -0.4 is 0 Å². The van der Waals surface area contributed by atoms with Crippen LogP contribution in [-0.2, 0) is 0 Å². The fourth-order valence-corrected chi connectivity index (χ4v) is 2.09. The van der Waals surface area contributed by atoms with Crippen LogP contribution in [0.1, 0.15) is 35.7 Å². The van der Waals surface area contributed by atoms with Gasteiger partial charge in [0.15, 0.2) is 0 Å². The molecule has 0 N–H and O–H groups in total. The molecule has 0 saturated carbocycles. The summed E-state index contributed by atoms with van der Waals surface area (Å²) in [6.45, 7) is 2.93. The normalized spacial score (nSPS) is 19.5. The van der Waals surface area contributed by atoms with Crippen molar-refractivity contribution in [2.75, 3.05) is 6.54 Å². The minimum Gasteiger partial charge on any atom is -0.336 e. The second-order valence-corrected chi connectivity index (χ2v) is 4.18. The van der Waals surface area contributed by atoms with Crippen molar-refractivity contribution in [3.05, 3.63) is 35.4 Å². The lowest BCUT2D eigenvalue weighted by atomic mass is 10.1. The molecule has 2 rings (SSSR count). The number of hydrogen-bond donors (Lipinski definition) is 0. The van der Waals surface area contributed by atoms with E-state index in [2.05, 4.69) is 6.92 Å². The van der Waals surface area contributed by atoms with E-state index < -0.39 is 0 Å². The molecule has 16 heavy (non-hydrogen) atoms. The van der Waals surface area contributed by atoms with E-state index in [4.69, 9.17) is 5.26 Å². The molecule has 0 radical (unpaired) electrons. The van der Waals surface area contributed by atoms with E-state index in [0.29, 0.717) is 17.2 Å². The van der Waals surface area contributed by atoms with Gasteiger partial charge in [-0.1, -0.05) is 0 Å². The van der Waals surface area contributed by atoms with Gasteiger partial charge in [0.25, 0.3) is 5.91 Å². The maximum absolute atomic E-state index is 12.1. The van der Waals surface area contributed by atoms with Crippen LogP contribution in [-0.4, -0.2) is 23.4 Å². The molecule has 0 unspecified atom stereocenters. The van der Waals surface area contributed by atoms with E-state index in [1.54, 1.807) is 24.3 Å². The standard InChI is InChI=1S/C13H14N2O/c1-10-3-2-8-15(10)13(16)12-6-4-11(9-14)5-7-12/h4-7,10H,2-3,8H2,1H3/t10-/m1/s1. The number of hydrogen-bond acceptors (Lipinski definition) is 2. The summed E-state index contributed by atoms with van der Waals surface area (Å²) in [4.78, 5) is 14.0. The van der Waals surface area contributed by atoms with Gasteiger partial charge in [0, 0.05) is 18.2 Å². The minimum atomic E-state index is 0.0782. The van der Waals surface area contributed by atoms with Gasteiger partial charge in [-0.2, -0.15) is 5.26 Å². The lowest BCUT2D eigenvalue weighted by molar-refractivity contribution is 0.0747. The van der Waals surface area contributed by atoms with E-state index in [1.807, 2.05) is 11.0 Å². The van der Waals surface area contributed by atoms with Crippen molar-refractivity contribution >= 4 is 5.91 Å². The fraction of sp³-hybridized carbons (Fsp3) is 0.385. The van der Waals surface area contributed by atoms with Crippen molar-refractivity contribution in [1.82, 2.24) is 4.90 Å². The van der Waals surface area contributed by atoms with Crippen LogP contribution in [0.25, 0.3) is 0 Å². The van der Waals surface area contributed by atoms with E-state index in [-0.39, 0.29) is 5.91 Å². The number of amides is 1. The molecular weight excluding hydrogens is 200 g/mol. The lowest BCUT2D eigenvalue weighted by Gasteiger charge is -2.21. The van der Waals surface area contributed by atoms with Crippen molar-refractivity contribution in [3.8, 4) is 6.07 Å². The molecule has 1 atom stereocenters. The van der Waals surface area contributed by atoms with Crippen molar-refractivity contribution in [1.29, 1.82) is 5.26 Å². The van der Waals surface area contributed by atoms with Gasteiger partial charge < -0.3 is 4.90 Å². The van der Waals surface area contributed by atoms with Gasteiger partial charge in [-0.15, -0.1) is 0 Å². The number of rotatable bonds is 1. The first-order valence-corrected chi connectivity index (χ1v) is 5.53. The molecule has 1 aromatic rings. The highest BCUT2D eigenvalue weighted by atomic mass is 16.2. The Kier molecular flexibility index (Phi) is 2.91. The summed E-state index contributed by atoms with van der Waals surface area (Å²) >= 11 is 0. The van der Waals surface area contributed by atoms with Gasteiger partial charge in [0.2, 0.25) is 0 Å². The Balaban J connectivity index is 2.18. The van der Waals surface area contributed by atoms with Crippen molar-refractivity contribution in [2.24, 2.45) is 0 Å². The average Bonchev–Trinajstić information content (AvgIpc) is 2.75. The Labute approximate surface area is 95.3 Å². The first-order valence-electron chi connectivity index (χ1n) is 5.53. The largest absolute Gasteiger partial charge is 0.336 e. The van der Waals surface area contributed by atoms with Gasteiger partial charge in [0.1, 0.15) is 0 Å². The molecule has 1 aliphatic rings. The van der Waals surface area contributed by atoms with Crippen LogP contribution >= 0.6 is 0 Å². The summed E-state index contributed by atoms with van der Waals surface area (Å²) in [7, 11) is 0. The zero-order chi connectivity index (χ0) is 11.5. The number of nitriles is 1. The Bertz CT molecular complexity index is 430. The first-order chi connectivity index (χ1) is 7.72. The third-order valence-electron chi connectivity index (χ3n) is 3.07. The molecule has 1 amide bonds. The fourth-order valence-electron chi connectivity index (χ4n) is 2.09. The number of carbonyl (C=O) groups is 1. The van der Waals surface area contributed by atoms with Crippen molar-refractivity contribution in [2.45, 2.75) is 25.8 Å². The van der Waals surface area contributed by atoms with Gasteiger partial charge in [0.05, 0.1) is 11.6 Å². The van der Waals surface area contributed by atoms with Crippen molar-refractivity contribution in [3.63, 3.8) is 0 Å². The summed E-state index contributed by atoms with van der Waals surface area (Å²) in [6, 6.07) is 9.22. The zero-order valence-corrected chi connectivity index (χ0v) is 9.31. The maximum Gasteiger partial charge on any atom is 0.254 e. The lowest BCUT2D eigenvalue weighted by Crippen LogP contribution is -2.33. The Hall–Kier alpha value is -1.82. The van der Waals surface area contributed by atoms with Gasteiger partial charge in [-0.25, -0.2) is 0 Å². The number of carbonyl (C=O) groups excluding carboxylic acids is 1. The third kappa shape index (κ3) is 1.92. The highest BCUT2D eigenvalue weighted by Crippen LogP contribution is 2.19. The summed E-state index contributed by atoms with van der Waals surface area (Å²) in [5.41, 5.74) is 1.26. The zero-order valence-electron chi connectivity index (χ0n) is 9.31. The molecule has 0 aromatic heterocycles. The van der Waals surface area contributed by atoms with Gasteiger partial charge in [-0.3, -0.25) is 4.79 Å². The number of likely N-dealkylation sites (tertiary alicyclic amines) is 1. The topological polar surface area (TPSA) is 44.1 Å². The molecule has 1 saturated heterocycles. The second kappa shape index (κ2) is 4.36. The van der Waals surface area contributed by atoms with Crippen LogP contribution in [0, 0.1) is 11.3 Å². The average molecular weight is 214 g/mol. The summed E-state index contributed by atoms with van der Waals surface area (Å²) in [5.74, 6) is 0.0782. The minimum absolute atomic E-state index is 0.0782. The van der Waals surface area contributed by atoms with Crippen LogP contribution in [0.15, 0.2) is 24.3 Å². The van der Waals surface area contributed by atoms with Crippen LogP contribution in [0.5, 0.6) is 0 Å². The summed E-state index contributed by atoms with van der Waals surface area (Å²) < 4.78 is 0. The Morgan fingerprint density at radius 2 is 2.12 bits per heavy atom. The summed E-state index contributed by atoms with van der Waals surface area (Å²) in [5, 5.41) is 8.68. The van der Waals surface area contributed by atoms with E-state index in [1.165, 1.54) is 0 Å². The predicted molar refractivity (Wildman–Crippen MR) is 60.9 cm³/mol. The molecule has 0 aliphatic carbocycles.